The van der Waals surface area contributed by atoms with Gasteiger partial charge < -0.3 is 10.6 Å². The van der Waals surface area contributed by atoms with Crippen molar-refractivity contribution in [1.82, 2.24) is 10.6 Å². The normalized spacial score (nSPS) is 22.6. The summed E-state index contributed by atoms with van der Waals surface area (Å²) in [6.45, 7) is 3.68. The quantitative estimate of drug-likeness (QED) is 0.778. The highest BCUT2D eigenvalue weighted by molar-refractivity contribution is 5.85. The van der Waals surface area contributed by atoms with Gasteiger partial charge in [0.25, 0.3) is 0 Å². The number of halogens is 1. The van der Waals surface area contributed by atoms with Gasteiger partial charge in [-0.15, -0.1) is 12.4 Å². The molecule has 94 valence electrons. The van der Waals surface area contributed by atoms with Gasteiger partial charge >= 0.3 is 0 Å². The van der Waals surface area contributed by atoms with E-state index in [2.05, 4.69) is 17.6 Å². The molecule has 0 radical (unpaired) electrons. The second-order valence-electron chi connectivity index (χ2n) is 5.39. The molecule has 0 bridgehead atoms. The summed E-state index contributed by atoms with van der Waals surface area (Å²) in [7, 11) is 0. The van der Waals surface area contributed by atoms with Gasteiger partial charge in [-0.2, -0.15) is 0 Å². The van der Waals surface area contributed by atoms with Crippen LogP contribution in [-0.2, 0) is 4.79 Å². The van der Waals surface area contributed by atoms with Crippen molar-refractivity contribution >= 4 is 18.3 Å². The maximum Gasteiger partial charge on any atom is 0.234 e. The van der Waals surface area contributed by atoms with Crippen LogP contribution in [0.25, 0.3) is 0 Å². The van der Waals surface area contributed by atoms with E-state index in [1.165, 1.54) is 25.7 Å². The molecule has 4 heteroatoms. The van der Waals surface area contributed by atoms with E-state index >= 15 is 0 Å². The summed E-state index contributed by atoms with van der Waals surface area (Å²) in [5.74, 6) is 1.01. The van der Waals surface area contributed by atoms with Crippen molar-refractivity contribution in [3.8, 4) is 0 Å². The summed E-state index contributed by atoms with van der Waals surface area (Å²) < 4.78 is 0. The highest BCUT2D eigenvalue weighted by atomic mass is 35.5. The number of hydrogen-bond donors (Lipinski definition) is 2. The van der Waals surface area contributed by atoms with Crippen LogP contribution in [0.3, 0.4) is 0 Å². The Morgan fingerprint density at radius 2 is 1.94 bits per heavy atom. The third kappa shape index (κ3) is 4.30. The topological polar surface area (TPSA) is 41.1 Å². The van der Waals surface area contributed by atoms with Crippen LogP contribution < -0.4 is 10.6 Å². The maximum absolute atomic E-state index is 11.6. The minimum atomic E-state index is 0. The van der Waals surface area contributed by atoms with E-state index in [1.807, 2.05) is 0 Å². The van der Waals surface area contributed by atoms with Gasteiger partial charge in [0.2, 0.25) is 5.91 Å². The molecule has 3 nitrogen and oxygen atoms in total. The predicted octanol–water partition coefficient (Wildman–Crippen LogP) is 1.86. The van der Waals surface area contributed by atoms with E-state index in [1.54, 1.807) is 0 Å². The van der Waals surface area contributed by atoms with Crippen LogP contribution in [0.1, 0.15) is 45.4 Å². The summed E-state index contributed by atoms with van der Waals surface area (Å²) >= 11 is 0. The van der Waals surface area contributed by atoms with Gasteiger partial charge in [-0.05, 0) is 45.1 Å². The predicted molar refractivity (Wildman–Crippen MR) is 67.9 cm³/mol. The molecule has 2 rings (SSSR count). The van der Waals surface area contributed by atoms with Crippen molar-refractivity contribution in [2.75, 3.05) is 13.1 Å². The average Bonchev–Trinajstić information content (AvgIpc) is 2.89. The highest BCUT2D eigenvalue weighted by Gasteiger charge is 2.29. The van der Waals surface area contributed by atoms with E-state index in [9.17, 15) is 4.79 Å². The molecule has 0 aromatic heterocycles. The molecule has 0 aromatic carbocycles. The molecule has 0 heterocycles. The van der Waals surface area contributed by atoms with Crippen LogP contribution in [0.15, 0.2) is 0 Å². The van der Waals surface area contributed by atoms with Crippen LogP contribution in [-0.4, -0.2) is 24.5 Å². The van der Waals surface area contributed by atoms with Crippen LogP contribution in [0, 0.1) is 5.92 Å². The summed E-state index contributed by atoms with van der Waals surface area (Å²) in [6.07, 6.45) is 7.47. The first-order valence-electron chi connectivity index (χ1n) is 6.20. The van der Waals surface area contributed by atoms with E-state index < -0.39 is 0 Å². The Morgan fingerprint density at radius 1 is 1.31 bits per heavy atom. The molecule has 2 saturated carbocycles. The molecule has 2 aliphatic rings. The van der Waals surface area contributed by atoms with Gasteiger partial charge in [-0.1, -0.05) is 12.8 Å². The fourth-order valence-electron chi connectivity index (χ4n) is 2.37. The highest BCUT2D eigenvalue weighted by Crippen LogP contribution is 2.29. The molecular formula is C12H23ClN2O. The van der Waals surface area contributed by atoms with Crippen LogP contribution in [0.5, 0.6) is 0 Å². The van der Waals surface area contributed by atoms with Crippen LogP contribution in [0.2, 0.25) is 0 Å². The summed E-state index contributed by atoms with van der Waals surface area (Å²) in [6, 6.07) is 0. The second kappa shape index (κ2) is 5.87. The molecule has 2 aliphatic carbocycles. The van der Waals surface area contributed by atoms with Gasteiger partial charge in [0.05, 0.1) is 6.54 Å². The Hall–Kier alpha value is -0.280. The van der Waals surface area contributed by atoms with Gasteiger partial charge in [-0.3, -0.25) is 4.79 Å². The first-order chi connectivity index (χ1) is 7.18. The molecule has 1 amide bonds. The molecule has 2 fully saturated rings. The number of carbonyl (C=O) groups excluding carboxylic acids is 1. The minimum Gasteiger partial charge on any atom is -0.350 e. The van der Waals surface area contributed by atoms with Gasteiger partial charge in [0.15, 0.2) is 0 Å². The summed E-state index contributed by atoms with van der Waals surface area (Å²) in [5, 5.41) is 6.37. The van der Waals surface area contributed by atoms with E-state index in [-0.39, 0.29) is 23.9 Å². The summed E-state index contributed by atoms with van der Waals surface area (Å²) in [4.78, 5) is 11.6. The van der Waals surface area contributed by atoms with Crippen molar-refractivity contribution in [2.45, 2.75) is 51.0 Å². The molecule has 16 heavy (non-hydrogen) atoms. The molecular weight excluding hydrogens is 224 g/mol. The van der Waals surface area contributed by atoms with Crippen molar-refractivity contribution < 1.29 is 4.79 Å². The Bertz CT molecular complexity index is 235. The first-order valence-corrected chi connectivity index (χ1v) is 6.20. The molecule has 0 spiro atoms. The lowest BCUT2D eigenvalue weighted by Crippen LogP contribution is -2.47. The molecule has 2 N–H and O–H groups in total. The zero-order chi connectivity index (χ0) is 10.7. The molecule has 0 aliphatic heterocycles. The monoisotopic (exact) mass is 246 g/mol. The lowest BCUT2D eigenvalue weighted by Gasteiger charge is -2.25. The van der Waals surface area contributed by atoms with Crippen LogP contribution >= 0.6 is 12.4 Å². The average molecular weight is 247 g/mol. The molecule has 0 atom stereocenters. The van der Waals surface area contributed by atoms with Crippen molar-refractivity contribution in [3.63, 3.8) is 0 Å². The Balaban J connectivity index is 0.00000128. The zero-order valence-corrected chi connectivity index (χ0v) is 10.9. The van der Waals surface area contributed by atoms with Crippen LogP contribution in [0.4, 0.5) is 0 Å². The van der Waals surface area contributed by atoms with Gasteiger partial charge in [-0.25, -0.2) is 0 Å². The Morgan fingerprint density at radius 3 is 2.50 bits per heavy atom. The maximum atomic E-state index is 11.6. The Kier molecular flexibility index (Phi) is 5.06. The minimum absolute atomic E-state index is 0. The number of hydrogen-bond acceptors (Lipinski definition) is 2. The fraction of sp³-hybridized carbons (Fsp3) is 0.917. The zero-order valence-electron chi connectivity index (χ0n) is 10.1. The third-order valence-corrected chi connectivity index (χ3v) is 3.56. The number of rotatable bonds is 5. The van der Waals surface area contributed by atoms with Gasteiger partial charge in [0, 0.05) is 5.54 Å². The lowest BCUT2D eigenvalue weighted by molar-refractivity contribution is -0.121. The van der Waals surface area contributed by atoms with E-state index in [4.69, 9.17) is 0 Å². The fourth-order valence-corrected chi connectivity index (χ4v) is 2.37. The SMILES string of the molecule is CC1(NC(=O)CNCC2CC2)CCCC1.Cl. The lowest BCUT2D eigenvalue weighted by atomic mass is 10.0. The van der Waals surface area contributed by atoms with E-state index in [0.29, 0.717) is 6.54 Å². The molecule has 0 aromatic rings. The van der Waals surface area contributed by atoms with Crippen molar-refractivity contribution in [3.05, 3.63) is 0 Å². The largest absolute Gasteiger partial charge is 0.350 e. The van der Waals surface area contributed by atoms with Crippen molar-refractivity contribution in [1.29, 1.82) is 0 Å². The van der Waals surface area contributed by atoms with Gasteiger partial charge in [0.1, 0.15) is 0 Å². The molecule has 0 unspecified atom stereocenters. The van der Waals surface area contributed by atoms with E-state index in [0.717, 1.165) is 25.3 Å². The summed E-state index contributed by atoms with van der Waals surface area (Å²) in [5.41, 5.74) is 0.0817. The Labute approximate surface area is 104 Å². The standard InChI is InChI=1S/C12H22N2O.ClH/c1-12(6-2-3-7-12)14-11(15)9-13-8-10-4-5-10;/h10,13H,2-9H2,1H3,(H,14,15);1H. The smallest absolute Gasteiger partial charge is 0.234 e. The first kappa shape index (κ1) is 13.8. The van der Waals surface area contributed by atoms with Crippen molar-refractivity contribution in [2.24, 2.45) is 5.92 Å². The third-order valence-electron chi connectivity index (χ3n) is 3.56. The second-order valence-corrected chi connectivity index (χ2v) is 5.39. The number of carbonyl (C=O) groups is 1. The molecule has 0 saturated heterocycles. The number of nitrogens with one attached hydrogen (secondary N) is 2. The number of amides is 1.